The minimum atomic E-state index is -0.642. The Hall–Kier alpha value is -3.41. The summed E-state index contributed by atoms with van der Waals surface area (Å²) in [5.74, 6) is 5.92. The van der Waals surface area contributed by atoms with Gasteiger partial charge in [0.2, 0.25) is 0 Å². The van der Waals surface area contributed by atoms with Crippen LogP contribution in [0.4, 0.5) is 0 Å². The van der Waals surface area contributed by atoms with E-state index < -0.39 is 11.5 Å². The second kappa shape index (κ2) is 12.4. The van der Waals surface area contributed by atoms with Gasteiger partial charge in [-0.05, 0) is 48.2 Å². The summed E-state index contributed by atoms with van der Waals surface area (Å²) in [6.45, 7) is 4.32. The molecule has 1 N–H and O–H groups in total. The third-order valence-electron chi connectivity index (χ3n) is 5.36. The number of terminal acetylenes is 2. The predicted molar refractivity (Wildman–Crippen MR) is 124 cm³/mol. The number of carbonyl (C=O) groups excluding carboxylic acids is 1. The van der Waals surface area contributed by atoms with E-state index in [2.05, 4.69) is 18.8 Å². The zero-order chi connectivity index (χ0) is 23.4. The third-order valence-corrected chi connectivity index (χ3v) is 5.36. The van der Waals surface area contributed by atoms with Crippen molar-refractivity contribution in [2.75, 3.05) is 19.8 Å². The van der Waals surface area contributed by atoms with Gasteiger partial charge in [-0.1, -0.05) is 50.0 Å². The zero-order valence-corrected chi connectivity index (χ0v) is 18.7. The first-order chi connectivity index (χ1) is 15.4. The summed E-state index contributed by atoms with van der Waals surface area (Å²) in [7, 11) is 0. The predicted octanol–water partition coefficient (Wildman–Crippen LogP) is 4.11. The van der Waals surface area contributed by atoms with Gasteiger partial charge in [-0.25, -0.2) is 0 Å². The lowest BCUT2D eigenvalue weighted by Gasteiger charge is -2.31. The fourth-order valence-electron chi connectivity index (χ4n) is 3.27. The maximum atomic E-state index is 12.3. The SMILES string of the molecule is C#CCOc1ccc(C(C)(CCC(=O)OCC(O)CC)c2ccc(OCC#C)cc2)cc1. The molecule has 0 saturated carbocycles. The van der Waals surface area contributed by atoms with Crippen molar-refractivity contribution in [3.05, 3.63) is 59.7 Å². The van der Waals surface area contributed by atoms with Crippen LogP contribution >= 0.6 is 0 Å². The molecule has 0 heterocycles. The van der Waals surface area contributed by atoms with E-state index in [1.807, 2.05) is 55.5 Å². The molecule has 0 aliphatic rings. The number of aliphatic hydroxyl groups excluding tert-OH is 1. The van der Waals surface area contributed by atoms with Crippen LogP contribution in [0.3, 0.4) is 0 Å². The second-order valence-corrected chi connectivity index (χ2v) is 7.61. The maximum Gasteiger partial charge on any atom is 0.305 e. The molecule has 0 aliphatic carbocycles. The van der Waals surface area contributed by atoms with Crippen molar-refractivity contribution >= 4 is 5.97 Å². The highest BCUT2D eigenvalue weighted by Gasteiger charge is 2.30. The first-order valence-electron chi connectivity index (χ1n) is 10.6. The number of aliphatic hydroxyl groups is 1. The van der Waals surface area contributed by atoms with Crippen LogP contribution in [0.2, 0.25) is 0 Å². The first-order valence-corrected chi connectivity index (χ1v) is 10.6. The van der Waals surface area contributed by atoms with Gasteiger partial charge in [-0.2, -0.15) is 0 Å². The molecule has 0 amide bonds. The van der Waals surface area contributed by atoms with E-state index in [0.717, 1.165) is 11.1 Å². The molecule has 32 heavy (non-hydrogen) atoms. The Morgan fingerprint density at radius 3 is 1.84 bits per heavy atom. The van der Waals surface area contributed by atoms with Crippen molar-refractivity contribution in [3.8, 4) is 36.2 Å². The summed E-state index contributed by atoms with van der Waals surface area (Å²) in [5.41, 5.74) is 1.56. The maximum absolute atomic E-state index is 12.3. The van der Waals surface area contributed by atoms with Crippen molar-refractivity contribution in [2.45, 2.75) is 44.6 Å². The van der Waals surface area contributed by atoms with Gasteiger partial charge < -0.3 is 19.3 Å². The van der Waals surface area contributed by atoms with Gasteiger partial charge >= 0.3 is 5.97 Å². The molecule has 0 spiro atoms. The normalized spacial score (nSPS) is 11.7. The Bertz CT molecular complexity index is 870. The average molecular weight is 435 g/mol. The molecule has 0 fully saturated rings. The molecule has 2 aromatic carbocycles. The molecule has 5 heteroatoms. The summed E-state index contributed by atoms with van der Waals surface area (Å²) in [6.07, 6.45) is 11.1. The molecule has 5 nitrogen and oxygen atoms in total. The van der Waals surface area contributed by atoms with E-state index in [-0.39, 0.29) is 32.2 Å². The van der Waals surface area contributed by atoms with E-state index in [9.17, 15) is 9.90 Å². The van der Waals surface area contributed by atoms with E-state index in [1.54, 1.807) is 0 Å². The molecule has 0 bridgehead atoms. The molecule has 0 aliphatic heterocycles. The van der Waals surface area contributed by atoms with E-state index in [0.29, 0.717) is 24.3 Å². The Balaban J connectivity index is 2.24. The van der Waals surface area contributed by atoms with Crippen LogP contribution in [0.15, 0.2) is 48.5 Å². The summed E-state index contributed by atoms with van der Waals surface area (Å²) in [5, 5.41) is 9.64. The number of hydrogen-bond acceptors (Lipinski definition) is 5. The summed E-state index contributed by atoms with van der Waals surface area (Å²) in [4.78, 5) is 12.3. The van der Waals surface area contributed by atoms with Crippen LogP contribution in [-0.2, 0) is 14.9 Å². The van der Waals surface area contributed by atoms with Crippen molar-refractivity contribution in [3.63, 3.8) is 0 Å². The van der Waals surface area contributed by atoms with Gasteiger partial charge in [0.05, 0.1) is 6.10 Å². The molecule has 2 rings (SSSR count). The first kappa shape index (κ1) is 24.9. The van der Waals surface area contributed by atoms with Gasteiger partial charge in [-0.3, -0.25) is 4.79 Å². The van der Waals surface area contributed by atoms with E-state index in [1.165, 1.54) is 0 Å². The number of rotatable bonds is 12. The minimum Gasteiger partial charge on any atom is -0.481 e. The number of benzene rings is 2. The molecule has 1 atom stereocenters. The molecule has 1 unspecified atom stereocenters. The largest absolute Gasteiger partial charge is 0.481 e. The van der Waals surface area contributed by atoms with Crippen LogP contribution in [-0.4, -0.2) is 37.0 Å². The number of ether oxygens (including phenoxy) is 3. The lowest BCUT2D eigenvalue weighted by Crippen LogP contribution is -2.26. The standard InChI is InChI=1S/C27H30O5/c1-5-18-30-24-12-8-21(9-13-24)27(4,17-16-26(29)32-20-23(28)7-3)22-10-14-25(15-11-22)31-19-6-2/h1-2,8-15,23,28H,7,16-20H2,3-4H3. The van der Waals surface area contributed by atoms with Crippen molar-refractivity contribution < 1.29 is 24.1 Å². The highest BCUT2D eigenvalue weighted by atomic mass is 16.5. The van der Waals surface area contributed by atoms with Crippen molar-refractivity contribution in [1.29, 1.82) is 0 Å². The van der Waals surface area contributed by atoms with Crippen molar-refractivity contribution in [1.82, 2.24) is 0 Å². The van der Waals surface area contributed by atoms with Gasteiger partial charge in [0, 0.05) is 11.8 Å². The molecule has 0 radical (unpaired) electrons. The Labute approximate surface area is 190 Å². The minimum absolute atomic E-state index is 0.00841. The van der Waals surface area contributed by atoms with Crippen LogP contribution in [0.1, 0.15) is 44.2 Å². The molecular weight excluding hydrogens is 404 g/mol. The lowest BCUT2D eigenvalue weighted by atomic mass is 9.73. The zero-order valence-electron chi connectivity index (χ0n) is 18.7. The highest BCUT2D eigenvalue weighted by Crippen LogP contribution is 2.38. The van der Waals surface area contributed by atoms with Crippen LogP contribution in [0, 0.1) is 24.7 Å². The van der Waals surface area contributed by atoms with Crippen LogP contribution in [0.25, 0.3) is 0 Å². The lowest BCUT2D eigenvalue weighted by molar-refractivity contribution is -0.147. The number of carbonyl (C=O) groups is 1. The molecule has 2 aromatic rings. The van der Waals surface area contributed by atoms with Gasteiger partial charge in [0.15, 0.2) is 0 Å². The highest BCUT2D eigenvalue weighted by molar-refractivity contribution is 5.69. The topological polar surface area (TPSA) is 65.0 Å². The molecule has 0 saturated heterocycles. The Kier molecular flexibility index (Phi) is 9.67. The fourth-order valence-corrected chi connectivity index (χ4v) is 3.27. The molecule has 168 valence electrons. The van der Waals surface area contributed by atoms with E-state index in [4.69, 9.17) is 27.1 Å². The monoisotopic (exact) mass is 434 g/mol. The summed E-state index contributed by atoms with van der Waals surface area (Å²) < 4.78 is 16.2. The summed E-state index contributed by atoms with van der Waals surface area (Å²) in [6, 6.07) is 15.4. The van der Waals surface area contributed by atoms with Gasteiger partial charge in [0.25, 0.3) is 0 Å². The fraction of sp³-hybridized carbons (Fsp3) is 0.370. The third kappa shape index (κ3) is 7.08. The van der Waals surface area contributed by atoms with Gasteiger partial charge in [-0.15, -0.1) is 12.8 Å². The van der Waals surface area contributed by atoms with E-state index >= 15 is 0 Å². The smallest absolute Gasteiger partial charge is 0.305 e. The molecule has 0 aromatic heterocycles. The molecular formula is C27H30O5. The van der Waals surface area contributed by atoms with Crippen molar-refractivity contribution in [2.24, 2.45) is 0 Å². The van der Waals surface area contributed by atoms with Gasteiger partial charge in [0.1, 0.15) is 31.3 Å². The quantitative estimate of drug-likeness (QED) is 0.402. The van der Waals surface area contributed by atoms with Crippen LogP contribution < -0.4 is 9.47 Å². The second-order valence-electron chi connectivity index (χ2n) is 7.61. The number of hydrogen-bond donors (Lipinski definition) is 1. The average Bonchev–Trinajstić information content (AvgIpc) is 2.83. The van der Waals surface area contributed by atoms with Crippen LogP contribution in [0.5, 0.6) is 11.5 Å². The Morgan fingerprint density at radius 2 is 1.44 bits per heavy atom. The number of esters is 1. The summed E-state index contributed by atoms with van der Waals surface area (Å²) >= 11 is 0. The Morgan fingerprint density at radius 1 is 0.969 bits per heavy atom.